The maximum atomic E-state index is 12.9. The predicted octanol–water partition coefficient (Wildman–Crippen LogP) is 2.94. The van der Waals surface area contributed by atoms with Gasteiger partial charge in [0.15, 0.2) is 6.10 Å². The second-order valence-corrected chi connectivity index (χ2v) is 5.92. The van der Waals surface area contributed by atoms with Gasteiger partial charge in [-0.25, -0.2) is 9.18 Å². The van der Waals surface area contributed by atoms with E-state index in [4.69, 9.17) is 9.47 Å². The zero-order valence-electron chi connectivity index (χ0n) is 15.1. The molecule has 0 fully saturated rings. The number of ether oxygens (including phenoxy) is 2. The Morgan fingerprint density at radius 2 is 1.74 bits per heavy atom. The molecule has 0 bridgehead atoms. The van der Waals surface area contributed by atoms with E-state index in [0.717, 1.165) is 17.7 Å². The molecule has 2 aromatic carbocycles. The molecule has 2 unspecified atom stereocenters. The number of aliphatic carboxylic acids is 1. The Balaban J connectivity index is 1.96. The minimum atomic E-state index is -1.31. The first-order valence-electron chi connectivity index (χ1n) is 8.55. The Morgan fingerprint density at radius 3 is 2.33 bits per heavy atom. The lowest BCUT2D eigenvalue weighted by Gasteiger charge is -2.20. The molecule has 1 amide bonds. The lowest BCUT2D eigenvalue weighted by Crippen LogP contribution is -2.45. The van der Waals surface area contributed by atoms with Crippen LogP contribution in [0.3, 0.4) is 0 Å². The van der Waals surface area contributed by atoms with E-state index in [1.807, 2.05) is 25.1 Å². The van der Waals surface area contributed by atoms with E-state index in [1.54, 1.807) is 13.0 Å². The molecule has 0 aliphatic rings. The second kappa shape index (κ2) is 9.56. The summed E-state index contributed by atoms with van der Waals surface area (Å²) in [5, 5.41) is 11.8. The molecular formula is C20H22FNO5. The first-order valence-corrected chi connectivity index (χ1v) is 8.55. The number of benzene rings is 2. The molecule has 0 radical (unpaired) electrons. The Kier molecular flexibility index (Phi) is 7.16. The molecule has 2 rings (SSSR count). The van der Waals surface area contributed by atoms with Gasteiger partial charge in [-0.05, 0) is 49.2 Å². The average Bonchev–Trinajstić information content (AvgIpc) is 2.65. The van der Waals surface area contributed by atoms with E-state index in [0.29, 0.717) is 12.2 Å². The number of halogens is 1. The number of hydrogen-bond acceptors (Lipinski definition) is 4. The first-order chi connectivity index (χ1) is 12.9. The molecule has 144 valence electrons. The van der Waals surface area contributed by atoms with Gasteiger partial charge in [-0.3, -0.25) is 4.79 Å². The van der Waals surface area contributed by atoms with Gasteiger partial charge < -0.3 is 19.9 Å². The summed E-state index contributed by atoms with van der Waals surface area (Å²) in [4.78, 5) is 23.8. The Bertz CT molecular complexity index is 778. The van der Waals surface area contributed by atoms with Crippen LogP contribution in [0, 0.1) is 12.7 Å². The first kappa shape index (κ1) is 20.2. The van der Waals surface area contributed by atoms with Gasteiger partial charge in [0.05, 0.1) is 6.54 Å². The molecule has 27 heavy (non-hydrogen) atoms. The highest BCUT2D eigenvalue weighted by atomic mass is 19.1. The average molecular weight is 375 g/mol. The Labute approximate surface area is 156 Å². The summed E-state index contributed by atoms with van der Waals surface area (Å²) in [5.74, 6) is -1.35. The third-order valence-electron chi connectivity index (χ3n) is 3.86. The summed E-state index contributed by atoms with van der Waals surface area (Å²) >= 11 is 0. The van der Waals surface area contributed by atoms with Gasteiger partial charge >= 0.3 is 5.97 Å². The number of hydrogen-bond donors (Lipinski definition) is 2. The van der Waals surface area contributed by atoms with Gasteiger partial charge in [-0.15, -0.1) is 0 Å². The number of carbonyl (C=O) groups excluding carboxylic acids is 1. The highest BCUT2D eigenvalue weighted by molar-refractivity contribution is 5.82. The van der Waals surface area contributed by atoms with E-state index in [2.05, 4.69) is 5.32 Å². The SMILES string of the molecule is CCC(Oc1ccccc1C)C(=O)NCC(Oc1ccc(F)cc1)C(=O)O. The maximum absolute atomic E-state index is 12.9. The number of carboxylic acid groups (broad SMARTS) is 1. The molecule has 0 spiro atoms. The number of rotatable bonds is 9. The molecule has 6 nitrogen and oxygen atoms in total. The summed E-state index contributed by atoms with van der Waals surface area (Å²) in [7, 11) is 0. The molecule has 0 saturated heterocycles. The fourth-order valence-electron chi connectivity index (χ4n) is 2.33. The van der Waals surface area contributed by atoms with Gasteiger partial charge in [0.2, 0.25) is 6.10 Å². The van der Waals surface area contributed by atoms with Crippen LogP contribution >= 0.6 is 0 Å². The van der Waals surface area contributed by atoms with E-state index < -0.39 is 29.9 Å². The highest BCUT2D eigenvalue weighted by Gasteiger charge is 2.24. The van der Waals surface area contributed by atoms with Gasteiger partial charge in [-0.1, -0.05) is 25.1 Å². The fraction of sp³-hybridized carbons (Fsp3) is 0.300. The summed E-state index contributed by atoms with van der Waals surface area (Å²) in [6, 6.07) is 12.3. The van der Waals surface area contributed by atoms with Crippen molar-refractivity contribution < 1.29 is 28.6 Å². The van der Waals surface area contributed by atoms with Crippen molar-refractivity contribution in [1.29, 1.82) is 0 Å². The van der Waals surface area contributed by atoms with E-state index >= 15 is 0 Å². The Morgan fingerprint density at radius 1 is 1.07 bits per heavy atom. The zero-order chi connectivity index (χ0) is 19.8. The van der Waals surface area contributed by atoms with Crippen molar-refractivity contribution in [2.45, 2.75) is 32.5 Å². The molecule has 0 aliphatic heterocycles. The lowest BCUT2D eigenvalue weighted by molar-refractivity contribution is -0.145. The van der Waals surface area contributed by atoms with Crippen LogP contribution in [-0.2, 0) is 9.59 Å². The third kappa shape index (κ3) is 5.99. The minimum Gasteiger partial charge on any atom is -0.480 e. The lowest BCUT2D eigenvalue weighted by atomic mass is 10.2. The predicted molar refractivity (Wildman–Crippen MR) is 97.3 cm³/mol. The topological polar surface area (TPSA) is 84.9 Å². The zero-order valence-corrected chi connectivity index (χ0v) is 15.1. The molecule has 0 heterocycles. The smallest absolute Gasteiger partial charge is 0.346 e. The molecular weight excluding hydrogens is 353 g/mol. The van der Waals surface area contributed by atoms with E-state index in [9.17, 15) is 19.1 Å². The van der Waals surface area contributed by atoms with Crippen LogP contribution in [0.5, 0.6) is 11.5 Å². The quantitative estimate of drug-likeness (QED) is 0.704. The molecule has 2 N–H and O–H groups in total. The number of carboxylic acids is 1. The monoisotopic (exact) mass is 375 g/mol. The van der Waals surface area contributed by atoms with Crippen molar-refractivity contribution in [3.63, 3.8) is 0 Å². The summed E-state index contributed by atoms with van der Waals surface area (Å²) in [5.41, 5.74) is 0.895. The van der Waals surface area contributed by atoms with Crippen molar-refractivity contribution in [2.75, 3.05) is 6.54 Å². The fourth-order valence-corrected chi connectivity index (χ4v) is 2.33. The van der Waals surface area contributed by atoms with Gasteiger partial charge in [0.1, 0.15) is 17.3 Å². The molecule has 2 aromatic rings. The molecule has 0 saturated carbocycles. The van der Waals surface area contributed by atoms with E-state index in [-0.39, 0.29) is 12.3 Å². The van der Waals surface area contributed by atoms with Crippen LogP contribution in [0.2, 0.25) is 0 Å². The van der Waals surface area contributed by atoms with Crippen molar-refractivity contribution in [3.05, 3.63) is 59.9 Å². The van der Waals surface area contributed by atoms with Crippen LogP contribution in [0.4, 0.5) is 4.39 Å². The highest BCUT2D eigenvalue weighted by Crippen LogP contribution is 2.19. The minimum absolute atomic E-state index is 0.196. The van der Waals surface area contributed by atoms with Crippen molar-refractivity contribution in [1.82, 2.24) is 5.32 Å². The maximum Gasteiger partial charge on any atom is 0.346 e. The van der Waals surface area contributed by atoms with Crippen molar-refractivity contribution >= 4 is 11.9 Å². The second-order valence-electron chi connectivity index (χ2n) is 5.92. The van der Waals surface area contributed by atoms with Crippen LogP contribution in [0.15, 0.2) is 48.5 Å². The van der Waals surface area contributed by atoms with Crippen molar-refractivity contribution in [3.8, 4) is 11.5 Å². The summed E-state index contributed by atoms with van der Waals surface area (Å²) in [6.45, 7) is 3.42. The van der Waals surface area contributed by atoms with Crippen LogP contribution in [0.1, 0.15) is 18.9 Å². The molecule has 2 atom stereocenters. The van der Waals surface area contributed by atoms with Crippen LogP contribution in [0.25, 0.3) is 0 Å². The molecule has 0 aromatic heterocycles. The van der Waals surface area contributed by atoms with Gasteiger partial charge in [-0.2, -0.15) is 0 Å². The third-order valence-corrected chi connectivity index (χ3v) is 3.86. The van der Waals surface area contributed by atoms with Crippen molar-refractivity contribution in [2.24, 2.45) is 0 Å². The van der Waals surface area contributed by atoms with Crippen LogP contribution < -0.4 is 14.8 Å². The van der Waals surface area contributed by atoms with E-state index in [1.165, 1.54) is 12.1 Å². The summed E-state index contributed by atoms with van der Waals surface area (Å²) < 4.78 is 24.0. The number of carbonyl (C=O) groups is 2. The summed E-state index contributed by atoms with van der Waals surface area (Å²) in [6.07, 6.45) is -1.65. The normalized spacial score (nSPS) is 12.7. The van der Waals surface area contributed by atoms with Gasteiger partial charge in [0, 0.05) is 0 Å². The molecule has 0 aliphatic carbocycles. The number of amides is 1. The Hall–Kier alpha value is -3.09. The largest absolute Gasteiger partial charge is 0.480 e. The molecule has 7 heteroatoms. The number of aryl methyl sites for hydroxylation is 1. The van der Waals surface area contributed by atoms with Crippen LogP contribution in [-0.4, -0.2) is 35.7 Å². The van der Waals surface area contributed by atoms with Gasteiger partial charge in [0.25, 0.3) is 5.91 Å². The number of nitrogens with one attached hydrogen (secondary N) is 1. The number of para-hydroxylation sites is 1. The standard InChI is InChI=1S/C20H22FNO5/c1-3-16(27-17-7-5-4-6-13(17)2)19(23)22-12-18(20(24)25)26-15-10-8-14(21)9-11-15/h4-11,16,18H,3,12H2,1-2H3,(H,22,23)(H,24,25).